The normalized spacial score (nSPS) is 19.5. The maximum absolute atomic E-state index is 11.1. The second-order valence-corrected chi connectivity index (χ2v) is 4.87. The van der Waals surface area contributed by atoms with E-state index in [-0.39, 0.29) is 0 Å². The van der Waals surface area contributed by atoms with Gasteiger partial charge >= 0.3 is 5.76 Å². The van der Waals surface area contributed by atoms with Gasteiger partial charge < -0.3 is 14.6 Å². The molecule has 1 aromatic heterocycles. The van der Waals surface area contributed by atoms with Crippen LogP contribution in [0.3, 0.4) is 0 Å². The molecule has 3 rings (SSSR count). The average molecular weight is 247 g/mol. The molecule has 1 atom stereocenters. The van der Waals surface area contributed by atoms with Crippen LogP contribution in [0, 0.1) is 0 Å². The van der Waals surface area contributed by atoms with Crippen molar-refractivity contribution in [2.45, 2.75) is 18.9 Å². The van der Waals surface area contributed by atoms with Crippen molar-refractivity contribution >= 4 is 16.8 Å². The Morgan fingerprint density at radius 2 is 2.39 bits per heavy atom. The molecular formula is C13H17N3O2. The number of aromatic nitrogens is 1. The van der Waals surface area contributed by atoms with Crippen molar-refractivity contribution in [1.29, 1.82) is 0 Å². The molecule has 1 fully saturated rings. The van der Waals surface area contributed by atoms with Crippen molar-refractivity contribution in [2.75, 3.05) is 25.0 Å². The molecule has 5 nitrogen and oxygen atoms in total. The summed E-state index contributed by atoms with van der Waals surface area (Å²) >= 11 is 0. The number of benzene rings is 1. The highest BCUT2D eigenvalue weighted by Crippen LogP contribution is 2.20. The second kappa shape index (κ2) is 4.49. The quantitative estimate of drug-likeness (QED) is 0.858. The van der Waals surface area contributed by atoms with Gasteiger partial charge in [-0.05, 0) is 37.6 Å². The Morgan fingerprint density at radius 3 is 3.17 bits per heavy atom. The number of oxazole rings is 1. The van der Waals surface area contributed by atoms with E-state index in [0.29, 0.717) is 11.6 Å². The van der Waals surface area contributed by atoms with Gasteiger partial charge in [0.1, 0.15) is 0 Å². The van der Waals surface area contributed by atoms with Gasteiger partial charge in [-0.1, -0.05) is 0 Å². The molecule has 2 N–H and O–H groups in total. The lowest BCUT2D eigenvalue weighted by Crippen LogP contribution is -2.35. The van der Waals surface area contributed by atoms with Gasteiger partial charge in [0.15, 0.2) is 5.58 Å². The Morgan fingerprint density at radius 1 is 1.50 bits per heavy atom. The number of hydrogen-bond donors (Lipinski definition) is 2. The van der Waals surface area contributed by atoms with Crippen LogP contribution in [0.2, 0.25) is 0 Å². The molecule has 1 unspecified atom stereocenters. The molecular weight excluding hydrogens is 230 g/mol. The summed E-state index contributed by atoms with van der Waals surface area (Å²) < 4.78 is 4.99. The van der Waals surface area contributed by atoms with Gasteiger partial charge in [0.05, 0.1) is 5.52 Å². The number of nitrogens with one attached hydrogen (secondary N) is 2. The summed E-state index contributed by atoms with van der Waals surface area (Å²) in [5, 5.41) is 3.48. The topological polar surface area (TPSA) is 61.3 Å². The fourth-order valence-corrected chi connectivity index (χ4v) is 2.53. The number of rotatable bonds is 3. The van der Waals surface area contributed by atoms with E-state index in [4.69, 9.17) is 4.42 Å². The van der Waals surface area contributed by atoms with E-state index in [1.54, 1.807) is 0 Å². The van der Waals surface area contributed by atoms with E-state index >= 15 is 0 Å². The van der Waals surface area contributed by atoms with Crippen LogP contribution in [0.25, 0.3) is 11.1 Å². The van der Waals surface area contributed by atoms with Crippen molar-refractivity contribution < 1.29 is 4.42 Å². The molecule has 18 heavy (non-hydrogen) atoms. The minimum atomic E-state index is -0.401. The first-order valence-corrected chi connectivity index (χ1v) is 6.30. The SMILES string of the molecule is CN(CC1CCCN1)c1ccc2oc(=O)[nH]c2c1. The van der Waals surface area contributed by atoms with Gasteiger partial charge in [0, 0.05) is 25.3 Å². The van der Waals surface area contributed by atoms with Gasteiger partial charge in [0.2, 0.25) is 0 Å². The number of H-pyrrole nitrogens is 1. The number of anilines is 1. The summed E-state index contributed by atoms with van der Waals surface area (Å²) in [5.74, 6) is -0.401. The van der Waals surface area contributed by atoms with Crippen LogP contribution >= 0.6 is 0 Å². The van der Waals surface area contributed by atoms with Crippen LogP contribution in [-0.2, 0) is 0 Å². The van der Waals surface area contributed by atoms with E-state index in [2.05, 4.69) is 22.2 Å². The zero-order chi connectivity index (χ0) is 12.5. The molecule has 0 spiro atoms. The van der Waals surface area contributed by atoms with Gasteiger partial charge in [0.25, 0.3) is 0 Å². The minimum Gasteiger partial charge on any atom is -0.408 e. The summed E-state index contributed by atoms with van der Waals surface area (Å²) in [6.07, 6.45) is 2.49. The van der Waals surface area contributed by atoms with Crippen molar-refractivity contribution in [3.8, 4) is 0 Å². The lowest BCUT2D eigenvalue weighted by Gasteiger charge is -2.23. The molecule has 1 saturated heterocycles. The number of nitrogens with zero attached hydrogens (tertiary/aromatic N) is 1. The standard InChI is InChI=1S/C13H17N3O2/c1-16(8-9-3-2-6-14-9)10-4-5-12-11(7-10)15-13(17)18-12/h4-5,7,9,14H,2-3,6,8H2,1H3,(H,15,17). The molecule has 1 aliphatic rings. The van der Waals surface area contributed by atoms with Gasteiger partial charge in [-0.25, -0.2) is 4.79 Å². The highest BCUT2D eigenvalue weighted by molar-refractivity contribution is 5.77. The fourth-order valence-electron chi connectivity index (χ4n) is 2.53. The second-order valence-electron chi connectivity index (χ2n) is 4.87. The van der Waals surface area contributed by atoms with Crippen LogP contribution in [0.4, 0.5) is 5.69 Å². The van der Waals surface area contributed by atoms with Crippen LogP contribution in [0.15, 0.2) is 27.4 Å². The first kappa shape index (κ1) is 11.3. The average Bonchev–Trinajstić information content (AvgIpc) is 2.95. The van der Waals surface area contributed by atoms with Gasteiger partial charge in [-0.3, -0.25) is 4.98 Å². The summed E-state index contributed by atoms with van der Waals surface area (Å²) in [5.41, 5.74) is 2.45. The molecule has 0 amide bonds. The van der Waals surface area contributed by atoms with Gasteiger partial charge in [-0.15, -0.1) is 0 Å². The van der Waals surface area contributed by atoms with E-state index in [0.717, 1.165) is 24.3 Å². The number of fused-ring (bicyclic) bond motifs is 1. The summed E-state index contributed by atoms with van der Waals surface area (Å²) in [6, 6.07) is 6.33. The molecule has 5 heteroatoms. The number of hydrogen-bond acceptors (Lipinski definition) is 4. The first-order valence-electron chi connectivity index (χ1n) is 6.30. The minimum absolute atomic E-state index is 0.401. The Kier molecular flexibility index (Phi) is 2.83. The highest BCUT2D eigenvalue weighted by Gasteiger charge is 2.16. The van der Waals surface area contributed by atoms with Gasteiger partial charge in [-0.2, -0.15) is 0 Å². The Balaban J connectivity index is 1.81. The van der Waals surface area contributed by atoms with Crippen LogP contribution in [0.5, 0.6) is 0 Å². The summed E-state index contributed by atoms with van der Waals surface area (Å²) in [7, 11) is 2.07. The molecule has 1 aliphatic heterocycles. The summed E-state index contributed by atoms with van der Waals surface area (Å²) in [4.78, 5) is 16.0. The predicted molar refractivity (Wildman–Crippen MR) is 71.1 cm³/mol. The molecule has 0 aliphatic carbocycles. The van der Waals surface area contributed by atoms with Crippen LogP contribution < -0.4 is 16.0 Å². The van der Waals surface area contributed by atoms with E-state index in [9.17, 15) is 4.79 Å². The molecule has 0 saturated carbocycles. The van der Waals surface area contributed by atoms with Crippen molar-refractivity contribution in [2.24, 2.45) is 0 Å². The van der Waals surface area contributed by atoms with Crippen molar-refractivity contribution in [3.05, 3.63) is 28.7 Å². The fraction of sp³-hybridized carbons (Fsp3) is 0.462. The van der Waals surface area contributed by atoms with E-state index in [1.807, 2.05) is 18.2 Å². The molecule has 1 aromatic carbocycles. The van der Waals surface area contributed by atoms with Crippen molar-refractivity contribution in [3.63, 3.8) is 0 Å². The Labute approximate surface area is 105 Å². The maximum Gasteiger partial charge on any atom is 0.417 e. The largest absolute Gasteiger partial charge is 0.417 e. The molecule has 0 bridgehead atoms. The Bertz CT molecular complexity index is 596. The highest BCUT2D eigenvalue weighted by atomic mass is 16.4. The lowest BCUT2D eigenvalue weighted by molar-refractivity contribution is 0.555. The lowest BCUT2D eigenvalue weighted by atomic mass is 10.2. The zero-order valence-electron chi connectivity index (χ0n) is 10.4. The smallest absolute Gasteiger partial charge is 0.408 e. The third-order valence-corrected chi connectivity index (χ3v) is 3.50. The molecule has 0 radical (unpaired) electrons. The van der Waals surface area contributed by atoms with Crippen LogP contribution in [-0.4, -0.2) is 31.2 Å². The summed E-state index contributed by atoms with van der Waals surface area (Å²) in [6.45, 7) is 2.10. The predicted octanol–water partition coefficient (Wildman–Crippen LogP) is 1.31. The van der Waals surface area contributed by atoms with Crippen LogP contribution in [0.1, 0.15) is 12.8 Å². The van der Waals surface area contributed by atoms with Crippen molar-refractivity contribution in [1.82, 2.24) is 10.3 Å². The number of aromatic amines is 1. The number of likely N-dealkylation sites (N-methyl/N-ethyl adjacent to an activating group) is 1. The third-order valence-electron chi connectivity index (χ3n) is 3.50. The molecule has 96 valence electrons. The first-order chi connectivity index (χ1) is 8.72. The monoisotopic (exact) mass is 247 g/mol. The zero-order valence-corrected chi connectivity index (χ0v) is 10.4. The maximum atomic E-state index is 11.1. The van der Waals surface area contributed by atoms with E-state index < -0.39 is 5.76 Å². The van der Waals surface area contributed by atoms with E-state index in [1.165, 1.54) is 12.8 Å². The third kappa shape index (κ3) is 2.13. The molecule has 2 heterocycles. The Hall–Kier alpha value is -1.75. The molecule has 2 aromatic rings.